The summed E-state index contributed by atoms with van der Waals surface area (Å²) >= 11 is 1.23. The highest BCUT2D eigenvalue weighted by Crippen LogP contribution is 2.31. The van der Waals surface area contributed by atoms with Crippen molar-refractivity contribution in [1.82, 2.24) is 4.98 Å². The maximum atomic E-state index is 14.0. The van der Waals surface area contributed by atoms with Crippen molar-refractivity contribution in [2.24, 2.45) is 0 Å². The predicted molar refractivity (Wildman–Crippen MR) is 107 cm³/mol. The second-order valence-corrected chi connectivity index (χ2v) is 7.67. The number of anilines is 1. The van der Waals surface area contributed by atoms with Crippen molar-refractivity contribution in [3.63, 3.8) is 0 Å². The van der Waals surface area contributed by atoms with Gasteiger partial charge in [-0.1, -0.05) is 23.5 Å². The first kappa shape index (κ1) is 19.8. The van der Waals surface area contributed by atoms with Crippen LogP contribution >= 0.6 is 11.3 Å². The third-order valence-electron chi connectivity index (χ3n) is 4.20. The number of benzene rings is 2. The number of hydrogen-bond acceptors (Lipinski definition) is 5. The molecule has 0 radical (unpaired) electrons. The van der Waals surface area contributed by atoms with Gasteiger partial charge in [-0.2, -0.15) is 0 Å². The number of aromatic nitrogens is 1. The van der Waals surface area contributed by atoms with E-state index in [2.05, 4.69) is 4.98 Å². The quantitative estimate of drug-likeness (QED) is 0.486. The van der Waals surface area contributed by atoms with E-state index in [1.165, 1.54) is 51.5 Å². The number of para-hydroxylation sites is 1. The summed E-state index contributed by atoms with van der Waals surface area (Å²) in [4.78, 5) is 30.7. The first-order chi connectivity index (χ1) is 13.4. The number of nitro benzene ring substituents is 1. The predicted octanol–water partition coefficient (Wildman–Crippen LogP) is 2.53. The summed E-state index contributed by atoms with van der Waals surface area (Å²) in [7, 11) is 4.03. The molecule has 0 bridgehead atoms. The van der Waals surface area contributed by atoms with E-state index in [-0.39, 0.29) is 16.8 Å². The highest BCUT2D eigenvalue weighted by atomic mass is 32.1. The molecule has 0 saturated carbocycles. The Bertz CT molecular complexity index is 1020. The number of carbonyl (C=O) groups is 1. The maximum Gasteiger partial charge on any atom is 0.270 e. The highest BCUT2D eigenvalue weighted by Gasteiger charge is 2.23. The van der Waals surface area contributed by atoms with Crippen molar-refractivity contribution >= 4 is 38.3 Å². The molecule has 0 spiro atoms. The molecule has 146 valence electrons. The molecule has 1 aromatic heterocycles. The summed E-state index contributed by atoms with van der Waals surface area (Å²) in [6.45, 7) is 1.21. The van der Waals surface area contributed by atoms with Crippen LogP contribution in [0.4, 0.5) is 15.2 Å². The van der Waals surface area contributed by atoms with Crippen molar-refractivity contribution in [2.75, 3.05) is 32.1 Å². The van der Waals surface area contributed by atoms with E-state index in [1.807, 2.05) is 14.1 Å². The SMILES string of the molecule is C[NH+](C)CCCN(C(=O)c1cccc([N+](=O)[O-])c1)c1nc2c(F)cccc2s1. The molecule has 0 fully saturated rings. The zero-order valence-corrected chi connectivity index (χ0v) is 16.3. The number of hydrogen-bond donors (Lipinski definition) is 1. The summed E-state index contributed by atoms with van der Waals surface area (Å²) < 4.78 is 14.7. The van der Waals surface area contributed by atoms with E-state index >= 15 is 0 Å². The topological polar surface area (TPSA) is 80.8 Å². The Labute approximate surface area is 165 Å². The minimum atomic E-state index is -0.538. The first-order valence-electron chi connectivity index (χ1n) is 8.77. The Morgan fingerprint density at radius 2 is 2.04 bits per heavy atom. The molecule has 0 saturated heterocycles. The summed E-state index contributed by atoms with van der Waals surface area (Å²) in [5, 5.41) is 11.4. The number of fused-ring (bicyclic) bond motifs is 1. The van der Waals surface area contributed by atoms with Crippen LogP contribution in [0.5, 0.6) is 0 Å². The first-order valence-corrected chi connectivity index (χ1v) is 9.59. The van der Waals surface area contributed by atoms with Crippen LogP contribution in [0.1, 0.15) is 16.8 Å². The van der Waals surface area contributed by atoms with Crippen molar-refractivity contribution in [3.8, 4) is 0 Å². The number of quaternary nitrogens is 1. The number of amides is 1. The zero-order valence-electron chi connectivity index (χ0n) is 15.5. The normalized spacial score (nSPS) is 11.1. The Morgan fingerprint density at radius 3 is 2.71 bits per heavy atom. The molecule has 0 atom stereocenters. The molecule has 3 aromatic rings. The second-order valence-electron chi connectivity index (χ2n) is 6.66. The summed E-state index contributed by atoms with van der Waals surface area (Å²) in [5.74, 6) is -0.836. The third-order valence-corrected chi connectivity index (χ3v) is 5.24. The fourth-order valence-electron chi connectivity index (χ4n) is 2.80. The van der Waals surface area contributed by atoms with E-state index in [0.717, 1.165) is 6.54 Å². The van der Waals surface area contributed by atoms with Crippen LogP contribution in [0.3, 0.4) is 0 Å². The van der Waals surface area contributed by atoms with Gasteiger partial charge in [0.25, 0.3) is 11.6 Å². The number of non-ortho nitro benzene ring substituents is 1. The largest absolute Gasteiger partial charge is 0.340 e. The van der Waals surface area contributed by atoms with Crippen molar-refractivity contribution in [2.45, 2.75) is 6.42 Å². The van der Waals surface area contributed by atoms with Gasteiger partial charge in [0.15, 0.2) is 5.13 Å². The third kappa shape index (κ3) is 4.32. The van der Waals surface area contributed by atoms with Gasteiger partial charge in [0.2, 0.25) is 0 Å². The van der Waals surface area contributed by atoms with Gasteiger partial charge in [-0.3, -0.25) is 19.8 Å². The number of carbonyl (C=O) groups excluding carboxylic acids is 1. The molecule has 0 aliphatic rings. The van der Waals surface area contributed by atoms with Gasteiger partial charge < -0.3 is 4.90 Å². The van der Waals surface area contributed by atoms with Gasteiger partial charge in [0.1, 0.15) is 11.3 Å². The standard InChI is InChI=1S/C19H19FN4O3S/c1-22(2)10-5-11-23(18(25)13-6-3-7-14(12-13)24(26)27)19-21-17-15(20)8-4-9-16(17)28-19/h3-4,6-9,12H,5,10-11H2,1-2H3/p+1. The van der Waals surface area contributed by atoms with Gasteiger partial charge in [-0.05, 0) is 18.2 Å². The van der Waals surface area contributed by atoms with Gasteiger partial charge in [-0.15, -0.1) is 0 Å². The number of thiazole rings is 1. The smallest absolute Gasteiger partial charge is 0.270 e. The minimum Gasteiger partial charge on any atom is -0.340 e. The molecule has 0 aliphatic carbocycles. The van der Waals surface area contributed by atoms with Crippen LogP contribution in [-0.2, 0) is 0 Å². The van der Waals surface area contributed by atoms with E-state index in [9.17, 15) is 19.3 Å². The zero-order chi connectivity index (χ0) is 20.3. The fourth-order valence-corrected chi connectivity index (χ4v) is 3.81. The molecule has 7 nitrogen and oxygen atoms in total. The number of rotatable bonds is 7. The van der Waals surface area contributed by atoms with Gasteiger partial charge in [-0.25, -0.2) is 9.37 Å². The van der Waals surface area contributed by atoms with Gasteiger partial charge >= 0.3 is 0 Å². The highest BCUT2D eigenvalue weighted by molar-refractivity contribution is 7.22. The second kappa shape index (κ2) is 8.41. The molecule has 9 heteroatoms. The monoisotopic (exact) mass is 403 g/mol. The number of nitro groups is 1. The number of halogens is 1. The van der Waals surface area contributed by atoms with Gasteiger partial charge in [0, 0.05) is 30.7 Å². The number of nitrogens with zero attached hydrogens (tertiary/aromatic N) is 3. The lowest BCUT2D eigenvalue weighted by Gasteiger charge is -2.20. The van der Waals surface area contributed by atoms with Crippen molar-refractivity contribution < 1.29 is 19.0 Å². The van der Waals surface area contributed by atoms with Crippen molar-refractivity contribution in [1.29, 1.82) is 0 Å². The van der Waals surface area contributed by atoms with Crippen molar-refractivity contribution in [3.05, 3.63) is 64.0 Å². The van der Waals surface area contributed by atoms with Crippen LogP contribution in [0.25, 0.3) is 10.2 Å². The average Bonchev–Trinajstić information content (AvgIpc) is 3.10. The Kier molecular flexibility index (Phi) is 5.96. The molecular formula is C19H20FN4O3S+. The van der Waals surface area contributed by atoms with Crippen LogP contribution in [0.2, 0.25) is 0 Å². The fraction of sp³-hybridized carbons (Fsp3) is 0.263. The molecule has 0 aliphatic heterocycles. The molecule has 3 rings (SSSR count). The Morgan fingerprint density at radius 1 is 1.29 bits per heavy atom. The lowest BCUT2D eigenvalue weighted by Crippen LogP contribution is -3.05. The van der Waals surface area contributed by atoms with Crippen LogP contribution in [0.15, 0.2) is 42.5 Å². The van der Waals surface area contributed by atoms with Crippen LogP contribution in [-0.4, -0.2) is 43.0 Å². The molecule has 2 aromatic carbocycles. The summed E-state index contributed by atoms with van der Waals surface area (Å²) in [6.07, 6.45) is 0.710. The lowest BCUT2D eigenvalue weighted by molar-refractivity contribution is -0.858. The lowest BCUT2D eigenvalue weighted by atomic mass is 10.1. The molecule has 1 amide bonds. The van der Waals surface area contributed by atoms with E-state index in [0.29, 0.717) is 22.8 Å². The van der Waals surface area contributed by atoms with Crippen LogP contribution in [0, 0.1) is 15.9 Å². The minimum absolute atomic E-state index is 0.154. The maximum absolute atomic E-state index is 14.0. The molecular weight excluding hydrogens is 383 g/mol. The summed E-state index contributed by atoms with van der Waals surface area (Å²) in [6, 6.07) is 10.3. The van der Waals surface area contributed by atoms with Gasteiger partial charge in [0.05, 0.1) is 30.3 Å². The van der Waals surface area contributed by atoms with E-state index < -0.39 is 16.6 Å². The Balaban J connectivity index is 1.97. The summed E-state index contributed by atoms with van der Waals surface area (Å²) in [5.41, 5.74) is 0.266. The molecule has 1 N–H and O–H groups in total. The van der Waals surface area contributed by atoms with Crippen LogP contribution < -0.4 is 9.80 Å². The van der Waals surface area contributed by atoms with E-state index in [1.54, 1.807) is 12.1 Å². The molecule has 0 unspecified atom stereocenters. The number of nitrogens with one attached hydrogen (secondary N) is 1. The molecule has 1 heterocycles. The Hall–Kier alpha value is -2.91. The molecule has 28 heavy (non-hydrogen) atoms. The average molecular weight is 403 g/mol. The van der Waals surface area contributed by atoms with E-state index in [4.69, 9.17) is 0 Å².